The lowest BCUT2D eigenvalue weighted by Gasteiger charge is -2.29. The largest absolute Gasteiger partial charge is 0.453 e. The van der Waals surface area contributed by atoms with Crippen molar-refractivity contribution in [1.82, 2.24) is 14.9 Å². The number of nitrogens with zero attached hydrogens (tertiary/aromatic N) is 2. The number of hydrogen-bond donors (Lipinski definition) is 2. The highest BCUT2D eigenvalue weighted by atomic mass is 19.1. The summed E-state index contributed by atoms with van der Waals surface area (Å²) in [5.74, 6) is 0.00146. The summed E-state index contributed by atoms with van der Waals surface area (Å²) in [7, 11) is 0. The van der Waals surface area contributed by atoms with Gasteiger partial charge in [0.25, 0.3) is 0 Å². The maximum absolute atomic E-state index is 14.9. The number of ether oxygens (including phenoxy) is 1. The van der Waals surface area contributed by atoms with E-state index in [9.17, 15) is 9.18 Å². The van der Waals surface area contributed by atoms with Gasteiger partial charge in [0.15, 0.2) is 11.6 Å². The van der Waals surface area contributed by atoms with Crippen molar-refractivity contribution in [1.29, 1.82) is 0 Å². The lowest BCUT2D eigenvalue weighted by atomic mass is 9.98. The molecule has 0 bridgehead atoms. The minimum atomic E-state index is -0.741. The van der Waals surface area contributed by atoms with E-state index in [2.05, 4.69) is 28.2 Å². The highest BCUT2D eigenvalue weighted by Crippen LogP contribution is 2.32. The van der Waals surface area contributed by atoms with Crippen molar-refractivity contribution in [3.63, 3.8) is 0 Å². The molecular weight excluding hydrogens is 443 g/mol. The molecule has 3 N–H and O–H groups in total. The minimum absolute atomic E-state index is 0.108. The molecule has 2 aromatic heterocycles. The zero-order chi connectivity index (χ0) is 24.4. The van der Waals surface area contributed by atoms with E-state index >= 15 is 0 Å². The minimum Gasteiger partial charge on any atom is -0.453 e. The van der Waals surface area contributed by atoms with Crippen LogP contribution in [0.1, 0.15) is 23.1 Å². The van der Waals surface area contributed by atoms with Crippen LogP contribution in [-0.4, -0.2) is 39.9 Å². The number of fused-ring (bicyclic) bond motifs is 1. The van der Waals surface area contributed by atoms with Gasteiger partial charge in [-0.05, 0) is 60.2 Å². The molecule has 5 rings (SSSR count). The molecule has 35 heavy (non-hydrogen) atoms. The highest BCUT2D eigenvalue weighted by molar-refractivity contribution is 5.86. The normalized spacial score (nSPS) is 14.6. The molecule has 2 aromatic carbocycles. The third kappa shape index (κ3) is 4.81. The molecule has 6 nitrogen and oxygen atoms in total. The van der Waals surface area contributed by atoms with Gasteiger partial charge in [0.05, 0.1) is 11.4 Å². The number of nitrogens with two attached hydrogens (primary N) is 1. The van der Waals surface area contributed by atoms with Crippen LogP contribution in [0.15, 0.2) is 73.1 Å². The number of aromatic nitrogens is 2. The summed E-state index contributed by atoms with van der Waals surface area (Å²) in [5.41, 5.74) is 10.9. The molecule has 0 aliphatic carbocycles. The maximum atomic E-state index is 14.9. The van der Waals surface area contributed by atoms with Crippen LogP contribution in [-0.2, 0) is 11.2 Å². The number of nitrogens with one attached hydrogen (secondary N) is 1. The summed E-state index contributed by atoms with van der Waals surface area (Å²) in [5, 5.41) is 0.814. The quantitative estimate of drug-likeness (QED) is 0.416. The summed E-state index contributed by atoms with van der Waals surface area (Å²) < 4.78 is 20.7. The molecular formula is C28H27FN4O2. The van der Waals surface area contributed by atoms with Crippen LogP contribution >= 0.6 is 0 Å². The topological polar surface area (TPSA) is 84.2 Å². The Balaban J connectivity index is 1.23. The number of carbonyl (C=O) groups is 1. The van der Waals surface area contributed by atoms with Gasteiger partial charge < -0.3 is 20.4 Å². The monoisotopic (exact) mass is 470 g/mol. The van der Waals surface area contributed by atoms with Crippen molar-refractivity contribution >= 4 is 22.5 Å². The summed E-state index contributed by atoms with van der Waals surface area (Å²) >= 11 is 0. The fourth-order valence-electron chi connectivity index (χ4n) is 4.50. The Morgan fingerprint density at radius 3 is 2.77 bits per heavy atom. The van der Waals surface area contributed by atoms with E-state index < -0.39 is 11.9 Å². The average molecular weight is 471 g/mol. The number of pyridine rings is 1. The number of hydrogen-bond acceptors (Lipinski definition) is 4. The average Bonchev–Trinajstić information content (AvgIpc) is 3.27. The van der Waals surface area contributed by atoms with Gasteiger partial charge in [-0.1, -0.05) is 42.5 Å². The zero-order valence-electron chi connectivity index (χ0n) is 19.5. The van der Waals surface area contributed by atoms with Gasteiger partial charge in [-0.2, -0.15) is 0 Å². The smallest absolute Gasteiger partial charge is 0.240 e. The molecule has 3 heterocycles. The van der Waals surface area contributed by atoms with E-state index in [0.717, 1.165) is 17.4 Å². The first-order chi connectivity index (χ1) is 17.0. The lowest BCUT2D eigenvalue weighted by molar-refractivity contribution is -0.132. The highest BCUT2D eigenvalue weighted by Gasteiger charge is 2.24. The number of rotatable bonds is 6. The molecule has 1 amide bonds. The molecule has 1 aliphatic rings. The summed E-state index contributed by atoms with van der Waals surface area (Å²) in [6.45, 7) is 3.08. The standard InChI is InChI=1S/C28H27FN4O2/c1-18-17-32-27-26(18)25(9-12-31-27)35-24-8-7-19(15-22(24)29)16-23(30)28(34)33-13-10-21(11-14-33)20-5-3-2-4-6-20/h2-10,12,15,17,23H,11,13-14,16,30H2,1H3,(H,31,32). The number of carbonyl (C=O) groups excluding carboxylic acids is 1. The second-order valence-corrected chi connectivity index (χ2v) is 8.81. The number of halogens is 1. The van der Waals surface area contributed by atoms with Gasteiger partial charge in [0.1, 0.15) is 11.4 Å². The Labute approximate surface area is 203 Å². The van der Waals surface area contributed by atoms with Gasteiger partial charge in [-0.25, -0.2) is 9.37 Å². The van der Waals surface area contributed by atoms with Crippen molar-refractivity contribution in [2.45, 2.75) is 25.8 Å². The second-order valence-electron chi connectivity index (χ2n) is 8.81. The molecule has 0 saturated heterocycles. The number of H-pyrrole nitrogens is 1. The first-order valence-corrected chi connectivity index (χ1v) is 11.7. The molecule has 0 saturated carbocycles. The summed E-state index contributed by atoms with van der Waals surface area (Å²) in [4.78, 5) is 22.0. The Bertz CT molecular complexity index is 1400. The molecule has 0 spiro atoms. The predicted molar refractivity (Wildman–Crippen MR) is 135 cm³/mol. The van der Waals surface area contributed by atoms with Crippen molar-refractivity contribution in [3.8, 4) is 11.5 Å². The van der Waals surface area contributed by atoms with Gasteiger partial charge in [0, 0.05) is 25.5 Å². The van der Waals surface area contributed by atoms with E-state index in [1.807, 2.05) is 31.3 Å². The van der Waals surface area contributed by atoms with Crippen LogP contribution in [0.5, 0.6) is 11.5 Å². The SMILES string of the molecule is Cc1c[nH]c2nccc(Oc3ccc(CC(N)C(=O)N4CC=C(c5ccccc5)CC4)cc3F)c12. The fourth-order valence-corrected chi connectivity index (χ4v) is 4.50. The van der Waals surface area contributed by atoms with Crippen LogP contribution in [0.4, 0.5) is 4.39 Å². The molecule has 178 valence electrons. The molecule has 1 aliphatic heterocycles. The van der Waals surface area contributed by atoms with Crippen LogP contribution in [0.25, 0.3) is 16.6 Å². The number of aromatic amines is 1. The molecule has 4 aromatic rings. The van der Waals surface area contributed by atoms with Crippen molar-refractivity contribution in [3.05, 3.63) is 95.6 Å². The van der Waals surface area contributed by atoms with Crippen LogP contribution in [0, 0.1) is 12.7 Å². The lowest BCUT2D eigenvalue weighted by Crippen LogP contribution is -2.46. The third-order valence-corrected chi connectivity index (χ3v) is 6.39. The van der Waals surface area contributed by atoms with Gasteiger partial charge >= 0.3 is 0 Å². The Kier molecular flexibility index (Phi) is 6.33. The molecule has 7 heteroatoms. The van der Waals surface area contributed by atoms with Gasteiger partial charge in [-0.15, -0.1) is 0 Å². The van der Waals surface area contributed by atoms with E-state index in [0.29, 0.717) is 30.0 Å². The van der Waals surface area contributed by atoms with E-state index in [4.69, 9.17) is 10.5 Å². The first kappa shape index (κ1) is 22.8. The Morgan fingerprint density at radius 1 is 1.20 bits per heavy atom. The van der Waals surface area contributed by atoms with Gasteiger partial charge in [-0.3, -0.25) is 4.79 Å². The van der Waals surface area contributed by atoms with Crippen molar-refractivity contribution in [2.24, 2.45) is 5.73 Å². The summed E-state index contributed by atoms with van der Waals surface area (Å²) in [6, 6.07) is 15.8. The van der Waals surface area contributed by atoms with E-state index in [1.165, 1.54) is 17.2 Å². The third-order valence-electron chi connectivity index (χ3n) is 6.39. The molecule has 1 unspecified atom stereocenters. The first-order valence-electron chi connectivity index (χ1n) is 11.7. The molecule has 0 fully saturated rings. The molecule has 1 atom stereocenters. The van der Waals surface area contributed by atoms with E-state index in [-0.39, 0.29) is 18.1 Å². The van der Waals surface area contributed by atoms with Crippen LogP contribution in [0.2, 0.25) is 0 Å². The van der Waals surface area contributed by atoms with Crippen molar-refractivity contribution in [2.75, 3.05) is 13.1 Å². The molecule has 0 radical (unpaired) electrons. The zero-order valence-corrected chi connectivity index (χ0v) is 19.5. The Morgan fingerprint density at radius 2 is 2.03 bits per heavy atom. The van der Waals surface area contributed by atoms with Gasteiger partial charge in [0.2, 0.25) is 5.91 Å². The maximum Gasteiger partial charge on any atom is 0.240 e. The Hall–Kier alpha value is -3.97. The summed E-state index contributed by atoms with van der Waals surface area (Å²) in [6.07, 6.45) is 6.56. The fraction of sp³-hybridized carbons (Fsp3) is 0.214. The number of aryl methyl sites for hydroxylation is 1. The second kappa shape index (κ2) is 9.72. The van der Waals surface area contributed by atoms with Crippen LogP contribution < -0.4 is 10.5 Å². The van der Waals surface area contributed by atoms with Crippen molar-refractivity contribution < 1.29 is 13.9 Å². The van der Waals surface area contributed by atoms with Crippen LogP contribution in [0.3, 0.4) is 0 Å². The number of benzene rings is 2. The van der Waals surface area contributed by atoms with E-state index in [1.54, 1.807) is 29.3 Å². The predicted octanol–water partition coefficient (Wildman–Crippen LogP) is 4.99. The number of amides is 1.